The van der Waals surface area contributed by atoms with Gasteiger partial charge in [0.2, 0.25) is 0 Å². The summed E-state index contributed by atoms with van der Waals surface area (Å²) in [4.78, 5) is 23.7. The molecule has 1 aromatic rings. The first kappa shape index (κ1) is 22.7. The van der Waals surface area contributed by atoms with E-state index in [0.717, 1.165) is 24.8 Å². The van der Waals surface area contributed by atoms with Gasteiger partial charge in [-0.05, 0) is 62.0 Å². The first-order chi connectivity index (χ1) is 16.1. The summed E-state index contributed by atoms with van der Waals surface area (Å²) in [7, 11) is 0. The summed E-state index contributed by atoms with van der Waals surface area (Å²) in [5.41, 5.74) is -2.25. The first-order valence-electron chi connectivity index (χ1n) is 12.6. The molecule has 8 heteroatoms. The van der Waals surface area contributed by atoms with Crippen LogP contribution in [0.25, 0.3) is 0 Å². The number of rotatable bonds is 3. The van der Waals surface area contributed by atoms with Crippen LogP contribution in [-0.4, -0.2) is 57.4 Å². The highest BCUT2D eigenvalue weighted by atomic mass is 16.7. The van der Waals surface area contributed by atoms with Crippen LogP contribution < -0.4 is 5.63 Å². The molecule has 0 unspecified atom stereocenters. The van der Waals surface area contributed by atoms with Crippen molar-refractivity contribution < 1.29 is 34.0 Å². The fourth-order valence-corrected chi connectivity index (χ4v) is 9.23. The molecule has 4 saturated carbocycles. The van der Waals surface area contributed by atoms with Crippen LogP contribution in [0.1, 0.15) is 70.3 Å². The molecule has 0 radical (unpaired) electrons. The topological polar surface area (TPSA) is 130 Å². The lowest BCUT2D eigenvalue weighted by Gasteiger charge is -2.64. The predicted octanol–water partition coefficient (Wildman–Crippen LogP) is 1.89. The Balaban J connectivity index is 1.43. The van der Waals surface area contributed by atoms with Crippen LogP contribution in [0.2, 0.25) is 0 Å². The van der Waals surface area contributed by atoms with Crippen molar-refractivity contribution >= 4 is 5.97 Å². The van der Waals surface area contributed by atoms with E-state index in [-0.39, 0.29) is 41.8 Å². The Kier molecular flexibility index (Phi) is 4.78. The van der Waals surface area contributed by atoms with Gasteiger partial charge in [0.05, 0.1) is 24.6 Å². The van der Waals surface area contributed by atoms with E-state index in [1.165, 1.54) is 19.3 Å². The van der Waals surface area contributed by atoms with Gasteiger partial charge >= 0.3 is 11.6 Å². The molecule has 6 rings (SSSR count). The summed E-state index contributed by atoms with van der Waals surface area (Å²) in [6.07, 6.45) is 4.43. The van der Waals surface area contributed by atoms with Crippen molar-refractivity contribution in [3.8, 4) is 0 Å². The minimum atomic E-state index is -1.09. The number of aliphatic hydroxyl groups is 3. The van der Waals surface area contributed by atoms with Gasteiger partial charge in [-0.2, -0.15) is 0 Å². The molecule has 4 aliphatic carbocycles. The molecular formula is C26H34O8. The summed E-state index contributed by atoms with van der Waals surface area (Å²) >= 11 is 0. The van der Waals surface area contributed by atoms with E-state index in [9.17, 15) is 24.9 Å². The van der Waals surface area contributed by atoms with E-state index in [1.54, 1.807) is 6.07 Å². The highest BCUT2D eigenvalue weighted by molar-refractivity contribution is 5.66. The maximum atomic E-state index is 12.1. The standard InChI is InChI=1S/C26H34O8/c1-14(28)33-21-20(15-3-4-19(30)32-12-15)23(2)8-6-17-18(26(23)22(21)34-26)7-10-25(31)11-16(29)5-9-24(17,25)13-27/h3-4,12,16-18,20-22,27,29,31H,5-11,13H2,1-2H3/t16-,17-,18+,20-,21+,22+,23+,24-,25-,26+/m0/s1. The summed E-state index contributed by atoms with van der Waals surface area (Å²) in [5.74, 6) is -0.410. The van der Waals surface area contributed by atoms with Crippen LogP contribution in [0.15, 0.2) is 27.6 Å². The lowest BCUT2D eigenvalue weighted by atomic mass is 9.42. The Labute approximate surface area is 198 Å². The van der Waals surface area contributed by atoms with Gasteiger partial charge in [0, 0.05) is 36.2 Å². The van der Waals surface area contributed by atoms with Crippen molar-refractivity contribution in [2.24, 2.45) is 22.7 Å². The third-order valence-corrected chi connectivity index (χ3v) is 10.6. The van der Waals surface area contributed by atoms with E-state index < -0.39 is 34.5 Å². The van der Waals surface area contributed by atoms with E-state index >= 15 is 0 Å². The lowest BCUT2D eigenvalue weighted by molar-refractivity contribution is -0.243. The maximum absolute atomic E-state index is 12.1. The van der Waals surface area contributed by atoms with Crippen molar-refractivity contribution in [3.05, 3.63) is 34.4 Å². The molecule has 2 heterocycles. The lowest BCUT2D eigenvalue weighted by Crippen LogP contribution is -2.67. The molecule has 34 heavy (non-hydrogen) atoms. The highest BCUT2D eigenvalue weighted by Gasteiger charge is 2.85. The summed E-state index contributed by atoms with van der Waals surface area (Å²) in [6.45, 7) is 3.48. The molecule has 3 N–H and O–H groups in total. The molecule has 1 aromatic heterocycles. The number of carbonyl (C=O) groups is 1. The van der Waals surface area contributed by atoms with Crippen LogP contribution in [-0.2, 0) is 14.3 Å². The molecule has 0 bridgehead atoms. The number of hydrogen-bond donors (Lipinski definition) is 3. The Morgan fingerprint density at radius 3 is 2.62 bits per heavy atom. The second-order valence-corrected chi connectivity index (χ2v) is 11.7. The van der Waals surface area contributed by atoms with E-state index in [1.807, 2.05) is 0 Å². The molecule has 5 fully saturated rings. The number of esters is 1. The summed E-state index contributed by atoms with van der Waals surface area (Å²) in [5, 5.41) is 32.7. The Hall–Kier alpha value is -1.74. The molecule has 8 nitrogen and oxygen atoms in total. The number of epoxide rings is 1. The highest BCUT2D eigenvalue weighted by Crippen LogP contribution is 2.78. The van der Waals surface area contributed by atoms with Crippen molar-refractivity contribution in [3.63, 3.8) is 0 Å². The smallest absolute Gasteiger partial charge is 0.335 e. The molecule has 0 aromatic carbocycles. The van der Waals surface area contributed by atoms with Crippen molar-refractivity contribution in [2.45, 2.75) is 94.2 Å². The van der Waals surface area contributed by atoms with E-state index in [2.05, 4.69) is 6.92 Å². The zero-order chi connectivity index (χ0) is 24.1. The van der Waals surface area contributed by atoms with Crippen LogP contribution in [0.5, 0.6) is 0 Å². The second-order valence-electron chi connectivity index (χ2n) is 11.7. The van der Waals surface area contributed by atoms with Gasteiger partial charge in [0.1, 0.15) is 17.8 Å². The number of hydrogen-bond acceptors (Lipinski definition) is 8. The first-order valence-corrected chi connectivity index (χ1v) is 12.6. The van der Waals surface area contributed by atoms with E-state index in [0.29, 0.717) is 25.7 Å². The van der Waals surface area contributed by atoms with Crippen LogP contribution in [0.3, 0.4) is 0 Å². The van der Waals surface area contributed by atoms with Crippen LogP contribution in [0, 0.1) is 22.7 Å². The molecule has 1 spiro atoms. The van der Waals surface area contributed by atoms with Crippen LogP contribution in [0.4, 0.5) is 0 Å². The average Bonchev–Trinajstić information content (AvgIpc) is 3.49. The molecular weight excluding hydrogens is 440 g/mol. The van der Waals surface area contributed by atoms with Gasteiger partial charge in [-0.15, -0.1) is 0 Å². The van der Waals surface area contributed by atoms with Crippen molar-refractivity contribution in [1.29, 1.82) is 0 Å². The summed E-state index contributed by atoms with van der Waals surface area (Å²) in [6, 6.07) is 3.17. The largest absolute Gasteiger partial charge is 0.459 e. The monoisotopic (exact) mass is 474 g/mol. The Morgan fingerprint density at radius 1 is 1.18 bits per heavy atom. The predicted molar refractivity (Wildman–Crippen MR) is 119 cm³/mol. The number of fused-ring (bicyclic) bond motifs is 3. The number of aliphatic hydroxyl groups excluding tert-OH is 2. The molecule has 1 saturated heterocycles. The zero-order valence-corrected chi connectivity index (χ0v) is 19.7. The molecule has 5 aliphatic rings. The second kappa shape index (κ2) is 7.15. The normalized spacial score (nSPS) is 51.0. The summed E-state index contributed by atoms with van der Waals surface area (Å²) < 4.78 is 17.6. The van der Waals surface area contributed by atoms with E-state index in [4.69, 9.17) is 13.9 Å². The number of carbonyl (C=O) groups excluding carboxylic acids is 1. The number of ether oxygens (including phenoxy) is 2. The molecule has 0 amide bonds. The third kappa shape index (κ3) is 2.63. The minimum absolute atomic E-state index is 0.0484. The zero-order valence-electron chi connectivity index (χ0n) is 19.7. The van der Waals surface area contributed by atoms with Crippen molar-refractivity contribution in [2.75, 3.05) is 6.61 Å². The van der Waals surface area contributed by atoms with Gasteiger partial charge in [-0.3, -0.25) is 4.79 Å². The Bertz CT molecular complexity index is 1050. The maximum Gasteiger partial charge on any atom is 0.335 e. The van der Waals surface area contributed by atoms with Gasteiger partial charge in [0.25, 0.3) is 0 Å². The average molecular weight is 475 g/mol. The third-order valence-electron chi connectivity index (χ3n) is 10.6. The fourth-order valence-electron chi connectivity index (χ4n) is 9.23. The molecule has 186 valence electrons. The van der Waals surface area contributed by atoms with Gasteiger partial charge in [-0.25, -0.2) is 4.79 Å². The van der Waals surface area contributed by atoms with Crippen molar-refractivity contribution in [1.82, 2.24) is 0 Å². The Morgan fingerprint density at radius 2 is 1.94 bits per heavy atom. The quantitative estimate of drug-likeness (QED) is 0.447. The van der Waals surface area contributed by atoms with Gasteiger partial charge < -0.3 is 29.2 Å². The molecule has 1 aliphatic heterocycles. The van der Waals surface area contributed by atoms with Gasteiger partial charge in [-0.1, -0.05) is 6.92 Å². The minimum Gasteiger partial charge on any atom is -0.459 e. The van der Waals surface area contributed by atoms with Crippen LogP contribution >= 0.6 is 0 Å². The molecule has 10 atom stereocenters. The SMILES string of the molecule is CC(=O)O[C@H]1[C@H]2O[C@]23[C@@H]2CC[C@]4(O)C[C@@H](O)CC[C@]4(CO)[C@H]2CC[C@]3(C)[C@H]1c1ccc(=O)oc1. The fraction of sp³-hybridized carbons (Fsp3) is 0.769. The van der Waals surface area contributed by atoms with Gasteiger partial charge in [0.15, 0.2) is 0 Å².